The Bertz CT molecular complexity index is 258. The van der Waals surface area contributed by atoms with E-state index in [-0.39, 0.29) is 0 Å². The van der Waals surface area contributed by atoms with Crippen LogP contribution in [0.4, 0.5) is 0 Å². The monoisotopic (exact) mass is 259 g/mol. The molecule has 0 aromatic rings. The van der Waals surface area contributed by atoms with Gasteiger partial charge in [-0.05, 0) is 43.9 Å². The number of carboxylic acids is 1. The molecule has 17 heavy (non-hydrogen) atoms. The van der Waals surface area contributed by atoms with Crippen molar-refractivity contribution in [3.05, 3.63) is 0 Å². The Morgan fingerprint density at radius 1 is 1.59 bits per heavy atom. The highest BCUT2D eigenvalue weighted by Gasteiger charge is 2.44. The van der Waals surface area contributed by atoms with Crippen molar-refractivity contribution in [1.29, 1.82) is 0 Å². The highest BCUT2D eigenvalue weighted by atomic mass is 32.2. The van der Waals surface area contributed by atoms with Gasteiger partial charge in [0.2, 0.25) is 0 Å². The minimum Gasteiger partial charge on any atom is -0.480 e. The molecule has 0 aromatic carbocycles. The first kappa shape index (κ1) is 14.8. The van der Waals surface area contributed by atoms with Crippen LogP contribution in [0.25, 0.3) is 0 Å². The van der Waals surface area contributed by atoms with Crippen LogP contribution in [0.2, 0.25) is 0 Å². The summed E-state index contributed by atoms with van der Waals surface area (Å²) in [7, 11) is 0. The number of carboxylic acid groups (broad SMARTS) is 1. The molecule has 0 bridgehead atoms. The van der Waals surface area contributed by atoms with Crippen molar-refractivity contribution in [3.8, 4) is 0 Å². The molecule has 2 N–H and O–H groups in total. The number of nitrogens with one attached hydrogen (secondary N) is 1. The number of carbonyl (C=O) groups is 1. The van der Waals surface area contributed by atoms with Crippen LogP contribution in [0.5, 0.6) is 0 Å². The molecule has 0 saturated heterocycles. The van der Waals surface area contributed by atoms with Gasteiger partial charge in [-0.15, -0.1) is 0 Å². The second kappa shape index (κ2) is 6.64. The van der Waals surface area contributed by atoms with E-state index < -0.39 is 11.5 Å². The summed E-state index contributed by atoms with van der Waals surface area (Å²) in [6, 6.07) is 0. The van der Waals surface area contributed by atoms with E-state index in [1.807, 2.05) is 11.8 Å². The maximum Gasteiger partial charge on any atom is 0.323 e. The molecule has 2 atom stereocenters. The summed E-state index contributed by atoms with van der Waals surface area (Å²) in [6.45, 7) is 7.29. The third-order valence-corrected chi connectivity index (χ3v) is 4.99. The Labute approximate surface area is 109 Å². The van der Waals surface area contributed by atoms with Gasteiger partial charge >= 0.3 is 5.97 Å². The van der Waals surface area contributed by atoms with E-state index in [4.69, 9.17) is 0 Å². The standard InChI is InChI=1S/C13H25NO2S/c1-4-7-14-13(12(15)16)6-5-11(8-13)17-9-10(2)3/h10-11,14H,4-9H2,1-3H3,(H,15,16). The fourth-order valence-electron chi connectivity index (χ4n) is 2.27. The number of hydrogen-bond donors (Lipinski definition) is 2. The van der Waals surface area contributed by atoms with Gasteiger partial charge in [-0.1, -0.05) is 20.8 Å². The number of thioether (sulfide) groups is 1. The van der Waals surface area contributed by atoms with Gasteiger partial charge in [-0.3, -0.25) is 4.79 Å². The third kappa shape index (κ3) is 4.18. The Balaban J connectivity index is 2.50. The maximum absolute atomic E-state index is 11.4. The van der Waals surface area contributed by atoms with Crippen molar-refractivity contribution in [3.63, 3.8) is 0 Å². The molecule has 3 nitrogen and oxygen atoms in total. The van der Waals surface area contributed by atoms with Gasteiger partial charge in [-0.2, -0.15) is 11.8 Å². The normalized spacial score (nSPS) is 28.8. The highest BCUT2D eigenvalue weighted by molar-refractivity contribution is 7.99. The molecule has 1 aliphatic rings. The molecule has 1 rings (SSSR count). The van der Waals surface area contributed by atoms with Crippen LogP contribution in [0.1, 0.15) is 46.5 Å². The average Bonchev–Trinajstić information content (AvgIpc) is 2.68. The minimum absolute atomic E-state index is 0.512. The van der Waals surface area contributed by atoms with Crippen molar-refractivity contribution in [1.82, 2.24) is 5.32 Å². The van der Waals surface area contributed by atoms with E-state index in [1.54, 1.807) is 0 Å². The largest absolute Gasteiger partial charge is 0.480 e. The molecular formula is C13H25NO2S. The molecule has 1 fully saturated rings. The van der Waals surface area contributed by atoms with Gasteiger partial charge in [0.05, 0.1) is 0 Å². The summed E-state index contributed by atoms with van der Waals surface area (Å²) >= 11 is 1.94. The predicted molar refractivity (Wildman–Crippen MR) is 73.6 cm³/mol. The molecule has 1 aliphatic carbocycles. The van der Waals surface area contributed by atoms with E-state index in [0.29, 0.717) is 11.2 Å². The fourth-order valence-corrected chi connectivity index (χ4v) is 3.61. The Morgan fingerprint density at radius 2 is 2.29 bits per heavy atom. The number of hydrogen-bond acceptors (Lipinski definition) is 3. The van der Waals surface area contributed by atoms with Gasteiger partial charge in [0.25, 0.3) is 0 Å². The van der Waals surface area contributed by atoms with Crippen molar-refractivity contribution in [2.75, 3.05) is 12.3 Å². The van der Waals surface area contributed by atoms with E-state index in [0.717, 1.165) is 38.0 Å². The molecule has 0 radical (unpaired) electrons. The molecule has 0 amide bonds. The Kier molecular flexibility index (Phi) is 5.80. The maximum atomic E-state index is 11.4. The first-order valence-electron chi connectivity index (χ1n) is 6.60. The van der Waals surface area contributed by atoms with E-state index in [1.165, 1.54) is 0 Å². The lowest BCUT2D eigenvalue weighted by molar-refractivity contribution is -0.144. The van der Waals surface area contributed by atoms with Gasteiger partial charge in [-0.25, -0.2) is 0 Å². The van der Waals surface area contributed by atoms with E-state index in [2.05, 4.69) is 26.1 Å². The molecule has 100 valence electrons. The van der Waals surface area contributed by atoms with Crippen LogP contribution >= 0.6 is 11.8 Å². The van der Waals surface area contributed by atoms with Gasteiger partial charge < -0.3 is 10.4 Å². The second-order valence-corrected chi connectivity index (χ2v) is 6.74. The molecule has 0 aliphatic heterocycles. The highest BCUT2D eigenvalue weighted by Crippen LogP contribution is 2.38. The van der Waals surface area contributed by atoms with E-state index in [9.17, 15) is 9.90 Å². The van der Waals surface area contributed by atoms with Gasteiger partial charge in [0.1, 0.15) is 5.54 Å². The van der Waals surface area contributed by atoms with Gasteiger partial charge in [0.15, 0.2) is 0 Å². The van der Waals surface area contributed by atoms with Crippen LogP contribution in [0, 0.1) is 5.92 Å². The third-order valence-electron chi connectivity index (χ3n) is 3.26. The van der Waals surface area contributed by atoms with Crippen LogP contribution < -0.4 is 5.32 Å². The van der Waals surface area contributed by atoms with Crippen molar-refractivity contribution in [2.24, 2.45) is 5.92 Å². The molecular weight excluding hydrogens is 234 g/mol. The molecule has 0 aromatic heterocycles. The van der Waals surface area contributed by atoms with Crippen molar-refractivity contribution < 1.29 is 9.90 Å². The van der Waals surface area contributed by atoms with E-state index >= 15 is 0 Å². The zero-order valence-corrected chi connectivity index (χ0v) is 12.0. The summed E-state index contributed by atoms with van der Waals surface area (Å²) in [4.78, 5) is 11.4. The molecule has 0 spiro atoms. The Morgan fingerprint density at radius 3 is 2.82 bits per heavy atom. The zero-order chi connectivity index (χ0) is 12.9. The summed E-state index contributed by atoms with van der Waals surface area (Å²) < 4.78 is 0. The second-order valence-electron chi connectivity index (χ2n) is 5.41. The molecule has 1 saturated carbocycles. The zero-order valence-electron chi connectivity index (χ0n) is 11.2. The first-order chi connectivity index (χ1) is 8.00. The SMILES string of the molecule is CCCNC1(C(=O)O)CCC(SCC(C)C)C1. The lowest BCUT2D eigenvalue weighted by atomic mass is 9.98. The van der Waals surface area contributed by atoms with Crippen LogP contribution in [0.15, 0.2) is 0 Å². The summed E-state index contributed by atoms with van der Waals surface area (Å²) in [5.41, 5.74) is -0.648. The average molecular weight is 259 g/mol. The van der Waals surface area contributed by atoms with Gasteiger partial charge in [0, 0.05) is 5.25 Å². The number of aliphatic carboxylic acids is 1. The molecule has 0 heterocycles. The summed E-state index contributed by atoms with van der Waals surface area (Å²) in [5.74, 6) is 1.15. The minimum atomic E-state index is -0.668. The van der Waals surface area contributed by atoms with Crippen LogP contribution in [0.3, 0.4) is 0 Å². The van der Waals surface area contributed by atoms with Crippen LogP contribution in [-0.4, -0.2) is 34.2 Å². The summed E-state index contributed by atoms with van der Waals surface area (Å²) in [6.07, 6.45) is 3.57. The quantitative estimate of drug-likeness (QED) is 0.738. The lowest BCUT2D eigenvalue weighted by Gasteiger charge is -2.26. The topological polar surface area (TPSA) is 49.3 Å². The van der Waals surface area contributed by atoms with Crippen LogP contribution in [-0.2, 0) is 4.79 Å². The predicted octanol–water partition coefficient (Wildman–Crippen LogP) is 2.75. The summed E-state index contributed by atoms with van der Waals surface area (Å²) in [5, 5.41) is 13.2. The lowest BCUT2D eigenvalue weighted by Crippen LogP contribution is -2.50. The van der Waals surface area contributed by atoms with Crippen molar-refractivity contribution in [2.45, 2.75) is 57.2 Å². The number of rotatable bonds is 7. The Hall–Kier alpha value is -0.220. The van der Waals surface area contributed by atoms with Crippen molar-refractivity contribution >= 4 is 17.7 Å². The smallest absolute Gasteiger partial charge is 0.323 e. The molecule has 2 unspecified atom stereocenters. The fraction of sp³-hybridized carbons (Fsp3) is 0.923. The molecule has 4 heteroatoms. The first-order valence-corrected chi connectivity index (χ1v) is 7.65.